The largest absolute Gasteiger partial charge is 0.371 e. The number of hydrogen-bond acceptors (Lipinski definition) is 3. The summed E-state index contributed by atoms with van der Waals surface area (Å²) in [6.07, 6.45) is 3.08. The number of carbonyl (C=O) groups excluding carboxylic acids is 1. The molecule has 1 atom stereocenters. The van der Waals surface area contributed by atoms with Crippen LogP contribution in [0.4, 0.5) is 0 Å². The highest BCUT2D eigenvalue weighted by molar-refractivity contribution is 5.80. The van der Waals surface area contributed by atoms with E-state index in [0.717, 1.165) is 32.4 Å². The number of rotatable bonds is 1. The molecule has 19 heavy (non-hydrogen) atoms. The van der Waals surface area contributed by atoms with Crippen molar-refractivity contribution < 1.29 is 9.53 Å². The Morgan fingerprint density at radius 1 is 1.21 bits per heavy atom. The van der Waals surface area contributed by atoms with Gasteiger partial charge in [0.2, 0.25) is 5.91 Å². The lowest BCUT2D eigenvalue weighted by molar-refractivity contribution is -0.172. The summed E-state index contributed by atoms with van der Waals surface area (Å²) >= 11 is 0. The first-order valence-electron chi connectivity index (χ1n) is 7.48. The van der Waals surface area contributed by atoms with Gasteiger partial charge in [-0.2, -0.15) is 0 Å². The van der Waals surface area contributed by atoms with Gasteiger partial charge in [-0.15, -0.1) is 0 Å². The standard InChI is InChI=1S/C15H28N2O2/c1-14(2)11-19-15(3,4)10-17(14)13(18)12-6-5-8-16-9-7-12/h12,16H,5-11H2,1-4H3. The number of morpholine rings is 1. The molecule has 0 spiro atoms. The first-order valence-corrected chi connectivity index (χ1v) is 7.48. The SMILES string of the molecule is CC1(C)CN(C(=O)C2CCCNCC2)C(C)(C)CO1. The topological polar surface area (TPSA) is 41.6 Å². The third-order valence-electron chi connectivity index (χ3n) is 4.28. The molecule has 0 aromatic carbocycles. The molecule has 0 bridgehead atoms. The summed E-state index contributed by atoms with van der Waals surface area (Å²) in [6.45, 7) is 11.7. The summed E-state index contributed by atoms with van der Waals surface area (Å²) in [6, 6.07) is 0. The van der Waals surface area contributed by atoms with Crippen LogP contribution in [-0.2, 0) is 9.53 Å². The minimum atomic E-state index is -0.228. The van der Waals surface area contributed by atoms with Crippen molar-refractivity contribution in [2.75, 3.05) is 26.2 Å². The molecule has 1 amide bonds. The van der Waals surface area contributed by atoms with Gasteiger partial charge >= 0.3 is 0 Å². The minimum absolute atomic E-state index is 0.183. The van der Waals surface area contributed by atoms with Gasteiger partial charge in [0.05, 0.1) is 17.7 Å². The molecule has 1 unspecified atom stereocenters. The van der Waals surface area contributed by atoms with Gasteiger partial charge in [-0.3, -0.25) is 4.79 Å². The van der Waals surface area contributed by atoms with E-state index in [0.29, 0.717) is 19.1 Å². The molecule has 4 heteroatoms. The van der Waals surface area contributed by atoms with Gasteiger partial charge in [0.25, 0.3) is 0 Å². The highest BCUT2D eigenvalue weighted by Crippen LogP contribution is 2.30. The Kier molecular flexibility index (Phi) is 4.21. The van der Waals surface area contributed by atoms with Crippen LogP contribution in [0.25, 0.3) is 0 Å². The molecule has 2 aliphatic rings. The van der Waals surface area contributed by atoms with Gasteiger partial charge in [-0.25, -0.2) is 0 Å². The summed E-state index contributed by atoms with van der Waals surface area (Å²) in [5.41, 5.74) is -0.416. The van der Waals surface area contributed by atoms with E-state index in [1.807, 2.05) is 0 Å². The maximum absolute atomic E-state index is 12.9. The van der Waals surface area contributed by atoms with Crippen molar-refractivity contribution in [1.29, 1.82) is 0 Å². The highest BCUT2D eigenvalue weighted by Gasteiger charge is 2.43. The molecule has 2 fully saturated rings. The number of hydrogen-bond donors (Lipinski definition) is 1. The molecule has 0 saturated carbocycles. The van der Waals surface area contributed by atoms with Crippen LogP contribution >= 0.6 is 0 Å². The summed E-state index contributed by atoms with van der Waals surface area (Å²) in [7, 11) is 0. The Labute approximate surface area is 116 Å². The Bertz CT molecular complexity index is 331. The molecular formula is C15H28N2O2. The first kappa shape index (κ1) is 14.8. The minimum Gasteiger partial charge on any atom is -0.371 e. The van der Waals surface area contributed by atoms with E-state index in [2.05, 4.69) is 37.9 Å². The van der Waals surface area contributed by atoms with Crippen LogP contribution in [0.5, 0.6) is 0 Å². The van der Waals surface area contributed by atoms with E-state index in [4.69, 9.17) is 4.74 Å². The van der Waals surface area contributed by atoms with Gasteiger partial charge in [0, 0.05) is 12.5 Å². The predicted octanol–water partition coefficient (Wildman–Crippen LogP) is 1.79. The third-order valence-corrected chi connectivity index (χ3v) is 4.28. The van der Waals surface area contributed by atoms with Crippen LogP contribution in [0.1, 0.15) is 47.0 Å². The summed E-state index contributed by atoms with van der Waals surface area (Å²) in [5, 5.41) is 3.38. The quantitative estimate of drug-likeness (QED) is 0.788. The molecule has 0 aromatic rings. The maximum atomic E-state index is 12.9. The van der Waals surface area contributed by atoms with E-state index in [-0.39, 0.29) is 17.1 Å². The van der Waals surface area contributed by atoms with Crippen molar-refractivity contribution in [2.24, 2.45) is 5.92 Å². The average molecular weight is 268 g/mol. The monoisotopic (exact) mass is 268 g/mol. The van der Waals surface area contributed by atoms with Crippen molar-refractivity contribution in [1.82, 2.24) is 10.2 Å². The molecule has 0 aliphatic carbocycles. The zero-order chi connectivity index (χ0) is 14.1. The van der Waals surface area contributed by atoms with E-state index in [1.165, 1.54) is 0 Å². The Hall–Kier alpha value is -0.610. The molecule has 2 heterocycles. The van der Waals surface area contributed by atoms with Crippen LogP contribution in [0, 0.1) is 5.92 Å². The molecule has 0 radical (unpaired) electrons. The van der Waals surface area contributed by atoms with Crippen molar-refractivity contribution in [3.8, 4) is 0 Å². The molecule has 2 aliphatic heterocycles. The summed E-state index contributed by atoms with van der Waals surface area (Å²) < 4.78 is 5.87. The van der Waals surface area contributed by atoms with Crippen molar-refractivity contribution in [3.63, 3.8) is 0 Å². The fraction of sp³-hybridized carbons (Fsp3) is 0.933. The van der Waals surface area contributed by atoms with E-state index < -0.39 is 0 Å². The number of ether oxygens (including phenoxy) is 1. The lowest BCUT2D eigenvalue weighted by Crippen LogP contribution is -2.62. The van der Waals surface area contributed by atoms with Crippen LogP contribution in [0.2, 0.25) is 0 Å². The zero-order valence-electron chi connectivity index (χ0n) is 12.8. The second kappa shape index (κ2) is 5.41. The van der Waals surface area contributed by atoms with Gasteiger partial charge in [0.15, 0.2) is 0 Å². The van der Waals surface area contributed by atoms with Crippen molar-refractivity contribution in [3.05, 3.63) is 0 Å². The number of nitrogens with one attached hydrogen (secondary N) is 1. The normalized spacial score (nSPS) is 30.7. The highest BCUT2D eigenvalue weighted by atomic mass is 16.5. The molecule has 1 N–H and O–H groups in total. The van der Waals surface area contributed by atoms with Gasteiger partial charge in [-0.1, -0.05) is 0 Å². The van der Waals surface area contributed by atoms with Crippen LogP contribution < -0.4 is 5.32 Å². The van der Waals surface area contributed by atoms with Gasteiger partial charge < -0.3 is 15.0 Å². The predicted molar refractivity (Wildman–Crippen MR) is 76.0 cm³/mol. The number of carbonyl (C=O) groups is 1. The molecule has 2 saturated heterocycles. The number of nitrogens with zero attached hydrogens (tertiary/aromatic N) is 1. The van der Waals surface area contributed by atoms with Gasteiger partial charge in [-0.05, 0) is 60.0 Å². The smallest absolute Gasteiger partial charge is 0.226 e. The molecule has 4 nitrogen and oxygen atoms in total. The average Bonchev–Trinajstić information content (AvgIpc) is 2.61. The molecular weight excluding hydrogens is 240 g/mol. The van der Waals surface area contributed by atoms with Crippen LogP contribution in [0.15, 0.2) is 0 Å². The lowest BCUT2D eigenvalue weighted by Gasteiger charge is -2.49. The Morgan fingerprint density at radius 3 is 2.68 bits per heavy atom. The Morgan fingerprint density at radius 2 is 1.95 bits per heavy atom. The zero-order valence-corrected chi connectivity index (χ0v) is 12.8. The van der Waals surface area contributed by atoms with E-state index in [9.17, 15) is 4.79 Å². The fourth-order valence-electron chi connectivity index (χ4n) is 2.95. The van der Waals surface area contributed by atoms with Gasteiger partial charge in [0.1, 0.15) is 0 Å². The van der Waals surface area contributed by atoms with E-state index in [1.54, 1.807) is 0 Å². The summed E-state index contributed by atoms with van der Waals surface area (Å²) in [5.74, 6) is 0.508. The van der Waals surface area contributed by atoms with Crippen molar-refractivity contribution in [2.45, 2.75) is 58.1 Å². The second-order valence-electron chi connectivity index (χ2n) is 7.16. The van der Waals surface area contributed by atoms with Crippen LogP contribution in [-0.4, -0.2) is 48.2 Å². The Balaban J connectivity index is 2.10. The lowest BCUT2D eigenvalue weighted by atomic mass is 9.91. The fourth-order valence-corrected chi connectivity index (χ4v) is 2.95. The number of amides is 1. The second-order valence-corrected chi connectivity index (χ2v) is 7.16. The third kappa shape index (κ3) is 3.48. The van der Waals surface area contributed by atoms with Crippen LogP contribution in [0.3, 0.4) is 0 Å². The van der Waals surface area contributed by atoms with E-state index >= 15 is 0 Å². The van der Waals surface area contributed by atoms with Crippen molar-refractivity contribution >= 4 is 5.91 Å². The molecule has 0 aromatic heterocycles. The molecule has 110 valence electrons. The molecule has 2 rings (SSSR count). The maximum Gasteiger partial charge on any atom is 0.226 e. The first-order chi connectivity index (χ1) is 8.82. The summed E-state index contributed by atoms with van der Waals surface area (Å²) in [4.78, 5) is 14.9.